The van der Waals surface area contributed by atoms with Crippen molar-refractivity contribution in [2.45, 2.75) is 18.4 Å². The number of nitrogens with zero attached hydrogens (tertiary/aromatic N) is 3. The van der Waals surface area contributed by atoms with Crippen LogP contribution in [0.3, 0.4) is 0 Å². The molecule has 0 amide bonds. The summed E-state index contributed by atoms with van der Waals surface area (Å²) in [5, 5.41) is 0.858. The minimum Gasteiger partial charge on any atom is -0.482 e. The lowest BCUT2D eigenvalue weighted by atomic mass is 9.88. The Hall–Kier alpha value is -0.550. The first-order valence-corrected chi connectivity index (χ1v) is 6.38. The van der Waals surface area contributed by atoms with E-state index in [9.17, 15) is 0 Å². The smallest absolute Gasteiger partial charge is 0.219 e. The Morgan fingerprint density at radius 1 is 1.40 bits per heavy atom. The van der Waals surface area contributed by atoms with Crippen molar-refractivity contribution < 1.29 is 4.74 Å². The van der Waals surface area contributed by atoms with Crippen LogP contribution in [0.15, 0.2) is 9.98 Å². The van der Waals surface area contributed by atoms with E-state index in [-0.39, 0.29) is 5.54 Å². The molecule has 0 N–H and O–H groups in total. The number of amidine groups is 1. The van der Waals surface area contributed by atoms with E-state index in [1.165, 1.54) is 0 Å². The third-order valence-electron chi connectivity index (χ3n) is 3.10. The SMILES string of the molecule is COC1=NC(SC)=NC12CCN(C)CC2. The van der Waals surface area contributed by atoms with Crippen molar-refractivity contribution in [3.8, 4) is 0 Å². The van der Waals surface area contributed by atoms with Gasteiger partial charge >= 0.3 is 0 Å². The van der Waals surface area contributed by atoms with Gasteiger partial charge in [-0.1, -0.05) is 11.8 Å². The first-order valence-electron chi connectivity index (χ1n) is 5.16. The van der Waals surface area contributed by atoms with E-state index in [4.69, 9.17) is 9.73 Å². The molecule has 1 fully saturated rings. The molecule has 4 nitrogen and oxygen atoms in total. The van der Waals surface area contributed by atoms with Gasteiger partial charge in [-0.3, -0.25) is 0 Å². The van der Waals surface area contributed by atoms with Gasteiger partial charge in [-0.25, -0.2) is 4.99 Å². The largest absolute Gasteiger partial charge is 0.482 e. The van der Waals surface area contributed by atoms with Gasteiger partial charge in [0.05, 0.1) is 7.11 Å². The molecule has 0 bridgehead atoms. The lowest BCUT2D eigenvalue weighted by molar-refractivity contribution is 0.212. The molecule has 0 aromatic carbocycles. The number of likely N-dealkylation sites (tertiary alicyclic amines) is 1. The molecule has 84 valence electrons. The number of rotatable bonds is 0. The van der Waals surface area contributed by atoms with Gasteiger partial charge < -0.3 is 9.64 Å². The molecule has 0 unspecified atom stereocenters. The second-order valence-corrected chi connectivity index (χ2v) is 4.83. The third kappa shape index (κ3) is 1.90. The first-order chi connectivity index (χ1) is 7.20. The van der Waals surface area contributed by atoms with Crippen molar-refractivity contribution in [1.82, 2.24) is 4.90 Å². The highest BCUT2D eigenvalue weighted by Gasteiger charge is 2.43. The minimum atomic E-state index is -0.153. The van der Waals surface area contributed by atoms with Crippen molar-refractivity contribution in [3.63, 3.8) is 0 Å². The van der Waals surface area contributed by atoms with Crippen LogP contribution in [0.1, 0.15) is 12.8 Å². The second-order valence-electron chi connectivity index (χ2n) is 4.05. The van der Waals surface area contributed by atoms with Gasteiger partial charge in [0.2, 0.25) is 5.90 Å². The Balaban J connectivity index is 2.20. The van der Waals surface area contributed by atoms with Crippen molar-refractivity contribution in [1.29, 1.82) is 0 Å². The zero-order chi connectivity index (χ0) is 10.9. The van der Waals surface area contributed by atoms with Crippen LogP contribution in [-0.2, 0) is 4.74 Å². The van der Waals surface area contributed by atoms with E-state index < -0.39 is 0 Å². The summed E-state index contributed by atoms with van der Waals surface area (Å²) in [7, 11) is 3.84. The van der Waals surface area contributed by atoms with Gasteiger partial charge in [-0.05, 0) is 26.1 Å². The van der Waals surface area contributed by atoms with Crippen molar-refractivity contribution in [2.75, 3.05) is 33.5 Å². The predicted octanol–water partition coefficient (Wildman–Crippen LogP) is 1.23. The summed E-state index contributed by atoms with van der Waals surface area (Å²) in [5.41, 5.74) is -0.153. The highest BCUT2D eigenvalue weighted by atomic mass is 32.2. The maximum atomic E-state index is 5.38. The Kier molecular flexibility index (Phi) is 3.02. The van der Waals surface area contributed by atoms with Crippen LogP contribution in [0.5, 0.6) is 0 Å². The summed E-state index contributed by atoms with van der Waals surface area (Å²) in [6.07, 6.45) is 4.03. The molecular weight excluding hydrogens is 210 g/mol. The van der Waals surface area contributed by atoms with Gasteiger partial charge in [-0.15, -0.1) is 0 Å². The van der Waals surface area contributed by atoms with E-state index in [1.54, 1.807) is 18.9 Å². The molecule has 0 saturated carbocycles. The van der Waals surface area contributed by atoms with Crippen LogP contribution in [-0.4, -0.2) is 55.0 Å². The first kappa shape index (κ1) is 11.0. The van der Waals surface area contributed by atoms with E-state index in [0.717, 1.165) is 37.0 Å². The maximum Gasteiger partial charge on any atom is 0.219 e. The molecule has 1 saturated heterocycles. The summed E-state index contributed by atoms with van der Waals surface area (Å²) in [4.78, 5) is 11.4. The Morgan fingerprint density at radius 2 is 2.07 bits per heavy atom. The fraction of sp³-hybridized carbons (Fsp3) is 0.800. The highest BCUT2D eigenvalue weighted by Crippen LogP contribution is 2.33. The number of methoxy groups -OCH3 is 1. The van der Waals surface area contributed by atoms with Crippen LogP contribution in [0, 0.1) is 0 Å². The number of aliphatic imine (C=N–C) groups is 2. The molecule has 0 aliphatic carbocycles. The predicted molar refractivity (Wildman–Crippen MR) is 64.9 cm³/mol. The second kappa shape index (κ2) is 4.14. The average molecular weight is 227 g/mol. The number of hydrogen-bond acceptors (Lipinski definition) is 5. The molecule has 15 heavy (non-hydrogen) atoms. The van der Waals surface area contributed by atoms with E-state index in [0.29, 0.717) is 0 Å². The van der Waals surface area contributed by atoms with Crippen LogP contribution in [0.4, 0.5) is 0 Å². The molecular formula is C10H17N3OS. The molecule has 0 aromatic heterocycles. The van der Waals surface area contributed by atoms with E-state index in [2.05, 4.69) is 16.9 Å². The standard InChI is InChI=1S/C10H17N3OS/c1-13-6-4-10(5-7-13)8(14-2)11-9(12-10)15-3/h4-7H2,1-3H3. The minimum absolute atomic E-state index is 0.153. The molecule has 0 radical (unpaired) electrons. The van der Waals surface area contributed by atoms with Gasteiger partial charge in [0.1, 0.15) is 5.54 Å². The number of hydrogen-bond donors (Lipinski definition) is 0. The Bertz CT molecular complexity index is 306. The molecule has 2 aliphatic heterocycles. The fourth-order valence-corrected chi connectivity index (χ4v) is 2.53. The van der Waals surface area contributed by atoms with Crippen LogP contribution < -0.4 is 0 Å². The lowest BCUT2D eigenvalue weighted by Crippen LogP contribution is -2.46. The zero-order valence-corrected chi connectivity index (χ0v) is 10.3. The normalized spacial score (nSPS) is 25.3. The van der Waals surface area contributed by atoms with Gasteiger partial charge in [0.15, 0.2) is 5.17 Å². The summed E-state index contributed by atoms with van der Waals surface area (Å²) in [6, 6.07) is 0. The van der Waals surface area contributed by atoms with Crippen molar-refractivity contribution in [3.05, 3.63) is 0 Å². The molecule has 0 atom stereocenters. The lowest BCUT2D eigenvalue weighted by Gasteiger charge is -2.35. The monoisotopic (exact) mass is 227 g/mol. The summed E-state index contributed by atoms with van der Waals surface area (Å²) in [5.74, 6) is 0.806. The quantitative estimate of drug-likeness (QED) is 0.624. The summed E-state index contributed by atoms with van der Waals surface area (Å²) < 4.78 is 5.38. The van der Waals surface area contributed by atoms with E-state index in [1.807, 2.05) is 6.26 Å². The molecule has 2 rings (SSSR count). The zero-order valence-electron chi connectivity index (χ0n) is 9.49. The van der Waals surface area contributed by atoms with Crippen molar-refractivity contribution in [2.24, 2.45) is 9.98 Å². The third-order valence-corrected chi connectivity index (χ3v) is 3.64. The number of thioether (sulfide) groups is 1. The number of ether oxygens (including phenoxy) is 1. The van der Waals surface area contributed by atoms with E-state index >= 15 is 0 Å². The topological polar surface area (TPSA) is 37.2 Å². The van der Waals surface area contributed by atoms with Gasteiger partial charge in [-0.2, -0.15) is 4.99 Å². The Labute approximate surface area is 94.8 Å². The fourth-order valence-electron chi connectivity index (χ4n) is 2.09. The number of piperidine rings is 1. The van der Waals surface area contributed by atoms with Crippen LogP contribution >= 0.6 is 11.8 Å². The molecule has 2 heterocycles. The maximum absolute atomic E-state index is 5.38. The molecule has 2 aliphatic rings. The Morgan fingerprint density at radius 3 is 2.60 bits per heavy atom. The summed E-state index contributed by atoms with van der Waals surface area (Å²) >= 11 is 1.59. The summed E-state index contributed by atoms with van der Waals surface area (Å²) in [6.45, 7) is 2.13. The molecule has 1 spiro atoms. The van der Waals surface area contributed by atoms with Crippen LogP contribution in [0.2, 0.25) is 0 Å². The van der Waals surface area contributed by atoms with Crippen molar-refractivity contribution >= 4 is 22.8 Å². The van der Waals surface area contributed by atoms with Gasteiger partial charge in [0, 0.05) is 13.1 Å². The average Bonchev–Trinajstić information content (AvgIpc) is 2.61. The van der Waals surface area contributed by atoms with Gasteiger partial charge in [0.25, 0.3) is 0 Å². The highest BCUT2D eigenvalue weighted by molar-refractivity contribution is 8.13. The van der Waals surface area contributed by atoms with Crippen LogP contribution in [0.25, 0.3) is 0 Å². The molecule has 5 heteroatoms. The molecule has 0 aromatic rings.